The van der Waals surface area contributed by atoms with Crippen molar-refractivity contribution < 1.29 is 9.53 Å². The van der Waals surface area contributed by atoms with Gasteiger partial charge in [0.15, 0.2) is 5.82 Å². The Hall–Kier alpha value is -2.50. The molecule has 2 amide bonds. The summed E-state index contributed by atoms with van der Waals surface area (Å²) in [5.74, 6) is 1.10. The number of anilines is 2. The first-order valence-corrected chi connectivity index (χ1v) is 5.39. The lowest BCUT2D eigenvalue weighted by atomic mass is 10.3. The van der Waals surface area contributed by atoms with E-state index in [4.69, 9.17) is 4.74 Å². The van der Waals surface area contributed by atoms with E-state index in [-0.39, 0.29) is 6.03 Å². The van der Waals surface area contributed by atoms with Crippen molar-refractivity contribution in [1.29, 1.82) is 0 Å². The summed E-state index contributed by atoms with van der Waals surface area (Å²) >= 11 is 0. The third-order valence-electron chi connectivity index (χ3n) is 2.31. The Kier molecular flexibility index (Phi) is 3.47. The van der Waals surface area contributed by atoms with Gasteiger partial charge < -0.3 is 10.1 Å². The van der Waals surface area contributed by atoms with Crippen LogP contribution in [0, 0.1) is 0 Å². The fourth-order valence-corrected chi connectivity index (χ4v) is 1.50. The van der Waals surface area contributed by atoms with Gasteiger partial charge in [-0.15, -0.1) is 0 Å². The van der Waals surface area contributed by atoms with Crippen LogP contribution in [-0.4, -0.2) is 22.9 Å². The first kappa shape index (κ1) is 12.0. The van der Waals surface area contributed by atoms with Crippen molar-refractivity contribution in [2.45, 2.75) is 0 Å². The van der Waals surface area contributed by atoms with Gasteiger partial charge in [-0.05, 0) is 12.1 Å². The zero-order valence-electron chi connectivity index (χ0n) is 10.2. The van der Waals surface area contributed by atoms with Crippen LogP contribution in [0.25, 0.3) is 0 Å². The fraction of sp³-hybridized carbons (Fsp3) is 0.167. The standard InChI is InChI=1S/C12H14N4O2/c1-16-8-7-11(15-16)14-12(17)13-9-5-3-4-6-10(9)18-2/h3-8H,1-2H3,(H2,13,14,15,17). The third kappa shape index (κ3) is 2.79. The maximum Gasteiger partial charge on any atom is 0.325 e. The quantitative estimate of drug-likeness (QED) is 0.871. The molecule has 0 bridgehead atoms. The molecule has 0 saturated carbocycles. The Balaban J connectivity index is 2.03. The minimum atomic E-state index is -0.363. The van der Waals surface area contributed by atoms with Crippen molar-refractivity contribution >= 4 is 17.5 Å². The van der Waals surface area contributed by atoms with Crippen LogP contribution in [0.2, 0.25) is 0 Å². The molecule has 6 nitrogen and oxygen atoms in total. The lowest BCUT2D eigenvalue weighted by molar-refractivity contribution is 0.262. The molecule has 1 aromatic heterocycles. The minimum absolute atomic E-state index is 0.363. The van der Waals surface area contributed by atoms with Gasteiger partial charge in [0.25, 0.3) is 0 Å². The summed E-state index contributed by atoms with van der Waals surface area (Å²) in [5, 5.41) is 9.37. The topological polar surface area (TPSA) is 68.2 Å². The van der Waals surface area contributed by atoms with Crippen molar-refractivity contribution in [3.8, 4) is 5.75 Å². The summed E-state index contributed by atoms with van der Waals surface area (Å²) in [5.41, 5.74) is 0.605. The van der Waals surface area contributed by atoms with Gasteiger partial charge >= 0.3 is 6.03 Å². The first-order chi connectivity index (χ1) is 8.69. The highest BCUT2D eigenvalue weighted by atomic mass is 16.5. The SMILES string of the molecule is COc1ccccc1NC(=O)Nc1ccn(C)n1. The van der Waals surface area contributed by atoms with E-state index in [9.17, 15) is 4.79 Å². The summed E-state index contributed by atoms with van der Waals surface area (Å²) in [4.78, 5) is 11.7. The number of benzene rings is 1. The molecule has 0 fully saturated rings. The number of aryl methyl sites for hydroxylation is 1. The molecule has 0 aliphatic carbocycles. The number of methoxy groups -OCH3 is 1. The second kappa shape index (κ2) is 5.22. The van der Waals surface area contributed by atoms with Gasteiger partial charge in [0.1, 0.15) is 5.75 Å². The summed E-state index contributed by atoms with van der Waals surface area (Å²) in [7, 11) is 3.33. The molecule has 0 aliphatic heterocycles. The Morgan fingerprint density at radius 1 is 1.28 bits per heavy atom. The summed E-state index contributed by atoms with van der Waals surface area (Å²) < 4.78 is 6.75. The second-order valence-corrected chi connectivity index (χ2v) is 3.65. The Morgan fingerprint density at radius 2 is 2.06 bits per heavy atom. The number of nitrogens with zero attached hydrogens (tertiary/aromatic N) is 2. The molecule has 1 aromatic carbocycles. The highest BCUT2D eigenvalue weighted by molar-refractivity contribution is 6.00. The molecule has 0 radical (unpaired) electrons. The summed E-state index contributed by atoms with van der Waals surface area (Å²) in [6, 6.07) is 8.53. The molecule has 1 heterocycles. The number of carbonyl (C=O) groups excluding carboxylic acids is 1. The van der Waals surface area contributed by atoms with Crippen LogP contribution in [0.3, 0.4) is 0 Å². The number of aromatic nitrogens is 2. The molecular weight excluding hydrogens is 232 g/mol. The van der Waals surface area contributed by atoms with Gasteiger partial charge in [-0.25, -0.2) is 4.79 Å². The van der Waals surface area contributed by atoms with Crippen molar-refractivity contribution in [3.63, 3.8) is 0 Å². The first-order valence-electron chi connectivity index (χ1n) is 5.39. The fourth-order valence-electron chi connectivity index (χ4n) is 1.50. The van der Waals surface area contributed by atoms with Crippen LogP contribution in [-0.2, 0) is 7.05 Å². The van der Waals surface area contributed by atoms with E-state index >= 15 is 0 Å². The number of rotatable bonds is 3. The van der Waals surface area contributed by atoms with Crippen molar-refractivity contribution in [2.75, 3.05) is 17.7 Å². The Morgan fingerprint density at radius 3 is 2.72 bits per heavy atom. The second-order valence-electron chi connectivity index (χ2n) is 3.65. The van der Waals surface area contributed by atoms with E-state index in [2.05, 4.69) is 15.7 Å². The molecule has 18 heavy (non-hydrogen) atoms. The van der Waals surface area contributed by atoms with Crippen molar-refractivity contribution in [1.82, 2.24) is 9.78 Å². The monoisotopic (exact) mass is 246 g/mol. The third-order valence-corrected chi connectivity index (χ3v) is 2.31. The largest absolute Gasteiger partial charge is 0.495 e. The highest BCUT2D eigenvalue weighted by Gasteiger charge is 2.07. The van der Waals surface area contributed by atoms with Gasteiger partial charge in [0.05, 0.1) is 12.8 Å². The van der Waals surface area contributed by atoms with Crippen LogP contribution in [0.15, 0.2) is 36.5 Å². The van der Waals surface area contributed by atoms with E-state index < -0.39 is 0 Å². The number of amides is 2. The minimum Gasteiger partial charge on any atom is -0.495 e. The average molecular weight is 246 g/mol. The number of carbonyl (C=O) groups is 1. The van der Waals surface area contributed by atoms with Crippen molar-refractivity contribution in [2.24, 2.45) is 7.05 Å². The number of hydrogen-bond acceptors (Lipinski definition) is 3. The van der Waals surface area contributed by atoms with E-state index in [0.29, 0.717) is 17.3 Å². The molecule has 0 aliphatic rings. The maximum absolute atomic E-state index is 11.7. The number of para-hydroxylation sites is 2. The Labute approximate surface area is 105 Å². The molecular formula is C12H14N4O2. The van der Waals surface area contributed by atoms with Gasteiger partial charge in [0, 0.05) is 19.3 Å². The normalized spacial score (nSPS) is 9.89. The lowest BCUT2D eigenvalue weighted by Crippen LogP contribution is -2.20. The predicted octanol–water partition coefficient (Wildman–Crippen LogP) is 2.07. The van der Waals surface area contributed by atoms with Crippen LogP contribution < -0.4 is 15.4 Å². The molecule has 0 saturated heterocycles. The number of hydrogen-bond donors (Lipinski definition) is 2. The number of nitrogens with one attached hydrogen (secondary N) is 2. The Bertz CT molecular complexity index is 551. The van der Waals surface area contributed by atoms with Gasteiger partial charge in [0.2, 0.25) is 0 Å². The molecule has 0 unspecified atom stereocenters. The lowest BCUT2D eigenvalue weighted by Gasteiger charge is -2.09. The van der Waals surface area contributed by atoms with E-state index in [1.807, 2.05) is 12.1 Å². The van der Waals surface area contributed by atoms with E-state index in [0.717, 1.165) is 0 Å². The summed E-state index contributed by atoms with van der Waals surface area (Å²) in [6.45, 7) is 0. The van der Waals surface area contributed by atoms with Gasteiger partial charge in [-0.2, -0.15) is 5.10 Å². The zero-order chi connectivity index (χ0) is 13.0. The predicted molar refractivity (Wildman–Crippen MR) is 68.8 cm³/mol. The van der Waals surface area contributed by atoms with Crippen LogP contribution in [0.4, 0.5) is 16.3 Å². The molecule has 2 aromatic rings. The highest BCUT2D eigenvalue weighted by Crippen LogP contribution is 2.22. The molecule has 2 N–H and O–H groups in total. The number of ether oxygens (including phenoxy) is 1. The maximum atomic E-state index is 11.7. The van der Waals surface area contributed by atoms with Crippen LogP contribution in [0.1, 0.15) is 0 Å². The number of urea groups is 1. The van der Waals surface area contributed by atoms with Gasteiger partial charge in [-0.1, -0.05) is 12.1 Å². The zero-order valence-corrected chi connectivity index (χ0v) is 10.2. The molecule has 6 heteroatoms. The van der Waals surface area contributed by atoms with E-state index in [1.165, 1.54) is 0 Å². The molecule has 0 spiro atoms. The van der Waals surface area contributed by atoms with Crippen LogP contribution in [0.5, 0.6) is 5.75 Å². The van der Waals surface area contributed by atoms with Crippen molar-refractivity contribution in [3.05, 3.63) is 36.5 Å². The summed E-state index contributed by atoms with van der Waals surface area (Å²) in [6.07, 6.45) is 1.75. The van der Waals surface area contributed by atoms with Crippen LogP contribution >= 0.6 is 0 Å². The van der Waals surface area contributed by atoms with E-state index in [1.54, 1.807) is 43.2 Å². The molecule has 0 atom stereocenters. The molecule has 94 valence electrons. The average Bonchev–Trinajstić information content (AvgIpc) is 2.75. The smallest absolute Gasteiger partial charge is 0.325 e. The molecule has 2 rings (SSSR count). The van der Waals surface area contributed by atoms with Gasteiger partial charge in [-0.3, -0.25) is 10.00 Å².